The Labute approximate surface area is 260 Å². The predicted molar refractivity (Wildman–Crippen MR) is 162 cm³/mol. The molecule has 0 bridgehead atoms. The lowest BCUT2D eigenvalue weighted by Crippen LogP contribution is -2.09. The van der Waals surface area contributed by atoms with Gasteiger partial charge in [-0.15, -0.1) is 20.5 Å². The highest BCUT2D eigenvalue weighted by atomic mass is 16.5. The summed E-state index contributed by atoms with van der Waals surface area (Å²) < 4.78 is 10.7. The summed E-state index contributed by atoms with van der Waals surface area (Å²) in [4.78, 5) is 33.1. The van der Waals surface area contributed by atoms with Crippen molar-refractivity contribution in [1.82, 2.24) is 49.1 Å². The molecule has 0 aliphatic rings. The summed E-state index contributed by atoms with van der Waals surface area (Å²) in [6, 6.07) is 1.66. The van der Waals surface area contributed by atoms with E-state index >= 15 is 0 Å². The molecule has 5 heterocycles. The SMILES string of the molecule is CNc1c(/N=N/c2c(C(=O)CO)cnn2C)c(C)nn1-c1cc(-n2nc(C)c(/N=N/c3c(C(=O)OC)cnn3C)c2NC)ncn1. The van der Waals surface area contributed by atoms with Gasteiger partial charge in [-0.3, -0.25) is 4.79 Å². The Morgan fingerprint density at radius 3 is 1.76 bits per heavy atom. The summed E-state index contributed by atoms with van der Waals surface area (Å²) in [5, 5.41) is 50.0. The van der Waals surface area contributed by atoms with Crippen LogP contribution in [0.3, 0.4) is 0 Å². The van der Waals surface area contributed by atoms with Crippen LogP contribution in [0.4, 0.5) is 34.6 Å². The largest absolute Gasteiger partial charge is 0.465 e. The van der Waals surface area contributed by atoms with E-state index in [1.165, 1.54) is 44.6 Å². The second-order valence-corrected chi connectivity index (χ2v) is 9.61. The summed E-state index contributed by atoms with van der Waals surface area (Å²) in [7, 11) is 7.92. The molecule has 0 amide bonds. The molecule has 0 radical (unpaired) electrons. The molecule has 5 aromatic heterocycles. The number of Topliss-reactive ketones (excluding diaryl/α,β-unsaturated/α-hetero) is 1. The molecule has 46 heavy (non-hydrogen) atoms. The van der Waals surface area contributed by atoms with Crippen LogP contribution >= 0.6 is 0 Å². The Morgan fingerprint density at radius 2 is 1.30 bits per heavy atom. The molecule has 0 aliphatic heterocycles. The molecular formula is C26H30N16O4. The standard InChI is InChI=1S/C26H30N16O4/c1-13-20(33-35-22-15(17(44)11-43)9-31-39(22)5)24(27-3)41(37-13)18-8-19(30-12-29-18)42-25(28-4)21(14(2)38-42)34-36-23-16(26(45)46-7)10-32-40(23)6/h8-10,12,27-28,43H,11H2,1-7H3/b35-33+,36-34+. The lowest BCUT2D eigenvalue weighted by atomic mass is 10.2. The Hall–Kier alpha value is -6.18. The summed E-state index contributed by atoms with van der Waals surface area (Å²) >= 11 is 0. The maximum absolute atomic E-state index is 12.1. The van der Waals surface area contributed by atoms with Crippen LogP contribution in [0.25, 0.3) is 11.6 Å². The number of carbonyl (C=O) groups is 2. The molecule has 5 aromatic rings. The Bertz CT molecular complexity index is 1860. The van der Waals surface area contributed by atoms with Gasteiger partial charge in [0.1, 0.15) is 18.5 Å². The van der Waals surface area contributed by atoms with Gasteiger partial charge in [0.05, 0.1) is 36.5 Å². The zero-order valence-corrected chi connectivity index (χ0v) is 25.9. The first kappa shape index (κ1) is 31.3. The first-order chi connectivity index (χ1) is 22.1. The fraction of sp³-hybridized carbons (Fsp3) is 0.308. The minimum Gasteiger partial charge on any atom is -0.465 e. The molecule has 0 spiro atoms. The first-order valence-electron chi connectivity index (χ1n) is 13.6. The topological polar surface area (TPSA) is 234 Å². The number of nitrogens with one attached hydrogen (secondary N) is 2. The number of carbonyl (C=O) groups excluding carboxylic acids is 2. The molecule has 0 aliphatic carbocycles. The highest BCUT2D eigenvalue weighted by Crippen LogP contribution is 2.35. The Kier molecular flexibility index (Phi) is 8.71. The number of ketones is 1. The van der Waals surface area contributed by atoms with E-state index in [1.54, 1.807) is 48.1 Å². The highest BCUT2D eigenvalue weighted by molar-refractivity contribution is 6.00. The van der Waals surface area contributed by atoms with E-state index in [1.807, 2.05) is 0 Å². The first-order valence-corrected chi connectivity index (χ1v) is 13.6. The maximum atomic E-state index is 12.1. The lowest BCUT2D eigenvalue weighted by Gasteiger charge is -2.09. The van der Waals surface area contributed by atoms with Crippen molar-refractivity contribution < 1.29 is 19.4 Å². The normalized spacial score (nSPS) is 11.6. The van der Waals surface area contributed by atoms with Gasteiger partial charge in [-0.05, 0) is 13.8 Å². The minimum absolute atomic E-state index is 0.142. The molecule has 0 aromatic carbocycles. The third-order valence-corrected chi connectivity index (χ3v) is 6.76. The quantitative estimate of drug-likeness (QED) is 0.109. The highest BCUT2D eigenvalue weighted by Gasteiger charge is 2.22. The molecule has 0 saturated carbocycles. The number of nitrogens with zero attached hydrogens (tertiary/aromatic N) is 14. The molecule has 20 nitrogen and oxygen atoms in total. The second-order valence-electron chi connectivity index (χ2n) is 9.61. The number of hydrogen-bond donors (Lipinski definition) is 3. The summed E-state index contributed by atoms with van der Waals surface area (Å²) in [5.74, 6) is 0.976. The molecule has 0 atom stereocenters. The number of ether oxygens (including phenoxy) is 1. The number of methoxy groups -OCH3 is 1. The van der Waals surface area contributed by atoms with Crippen LogP contribution in [0, 0.1) is 13.8 Å². The van der Waals surface area contributed by atoms with E-state index in [9.17, 15) is 14.7 Å². The van der Waals surface area contributed by atoms with Gasteiger partial charge in [0.15, 0.2) is 52.1 Å². The second kappa shape index (κ2) is 12.8. The van der Waals surface area contributed by atoms with Crippen LogP contribution in [0.2, 0.25) is 0 Å². The Morgan fingerprint density at radius 1 is 0.826 bits per heavy atom. The predicted octanol–water partition coefficient (Wildman–Crippen LogP) is 2.81. The van der Waals surface area contributed by atoms with Crippen molar-refractivity contribution in [2.24, 2.45) is 34.6 Å². The van der Waals surface area contributed by atoms with E-state index in [0.717, 1.165) is 0 Å². The van der Waals surface area contributed by atoms with Crippen LogP contribution in [0.15, 0.2) is 45.2 Å². The van der Waals surface area contributed by atoms with Crippen molar-refractivity contribution in [1.29, 1.82) is 0 Å². The third-order valence-electron chi connectivity index (χ3n) is 6.76. The van der Waals surface area contributed by atoms with Gasteiger partial charge in [-0.25, -0.2) is 24.1 Å². The van der Waals surface area contributed by atoms with Crippen LogP contribution < -0.4 is 10.6 Å². The smallest absolute Gasteiger partial charge is 0.343 e. The summed E-state index contributed by atoms with van der Waals surface area (Å²) in [6.07, 6.45) is 4.04. The number of aliphatic hydroxyl groups is 1. The number of aryl methyl sites for hydroxylation is 4. The third kappa shape index (κ3) is 5.58. The van der Waals surface area contributed by atoms with Gasteiger partial charge in [-0.1, -0.05) is 0 Å². The van der Waals surface area contributed by atoms with Gasteiger partial charge >= 0.3 is 5.97 Å². The van der Waals surface area contributed by atoms with E-state index in [0.29, 0.717) is 46.0 Å². The van der Waals surface area contributed by atoms with E-state index < -0.39 is 18.4 Å². The van der Waals surface area contributed by atoms with Crippen LogP contribution in [-0.2, 0) is 18.8 Å². The van der Waals surface area contributed by atoms with E-state index in [2.05, 4.69) is 61.5 Å². The minimum atomic E-state index is -0.681. The number of rotatable bonds is 11. The van der Waals surface area contributed by atoms with Crippen molar-refractivity contribution in [3.05, 3.63) is 47.3 Å². The van der Waals surface area contributed by atoms with E-state index in [-0.39, 0.29) is 22.8 Å². The molecule has 20 heteroatoms. The molecule has 0 saturated heterocycles. The summed E-state index contributed by atoms with van der Waals surface area (Å²) in [6.45, 7) is 2.82. The molecule has 3 N–H and O–H groups in total. The molecular weight excluding hydrogens is 600 g/mol. The number of aliphatic hydroxyl groups excluding tert-OH is 1. The molecule has 0 unspecified atom stereocenters. The van der Waals surface area contributed by atoms with Gasteiger partial charge in [0.2, 0.25) is 0 Å². The number of aromatic nitrogens is 10. The Balaban J connectivity index is 1.52. The van der Waals surface area contributed by atoms with Crippen LogP contribution in [0.1, 0.15) is 32.1 Å². The fourth-order valence-electron chi connectivity index (χ4n) is 4.46. The molecule has 0 fully saturated rings. The fourth-order valence-corrected chi connectivity index (χ4v) is 4.46. The van der Waals surface area contributed by atoms with Crippen molar-refractivity contribution in [2.45, 2.75) is 13.8 Å². The zero-order chi connectivity index (χ0) is 33.1. The monoisotopic (exact) mass is 630 g/mol. The van der Waals surface area contributed by atoms with Crippen LogP contribution in [0.5, 0.6) is 0 Å². The van der Waals surface area contributed by atoms with Gasteiger partial charge in [0.25, 0.3) is 0 Å². The van der Waals surface area contributed by atoms with Crippen LogP contribution in [-0.4, -0.2) is 93.8 Å². The molecule has 238 valence electrons. The number of esters is 1. The zero-order valence-electron chi connectivity index (χ0n) is 25.9. The number of azo groups is 2. The maximum Gasteiger partial charge on any atom is 0.343 e. The average molecular weight is 631 g/mol. The van der Waals surface area contributed by atoms with Crippen molar-refractivity contribution in [3.8, 4) is 11.6 Å². The van der Waals surface area contributed by atoms with Gasteiger partial charge < -0.3 is 20.5 Å². The van der Waals surface area contributed by atoms with Crippen molar-refractivity contribution in [3.63, 3.8) is 0 Å². The number of hydrogen-bond acceptors (Lipinski definition) is 16. The lowest BCUT2D eigenvalue weighted by molar-refractivity contribution is 0.0601. The van der Waals surface area contributed by atoms with E-state index in [4.69, 9.17) is 4.74 Å². The van der Waals surface area contributed by atoms with Gasteiger partial charge in [0, 0.05) is 34.3 Å². The van der Waals surface area contributed by atoms with Crippen molar-refractivity contribution in [2.75, 3.05) is 38.4 Å². The summed E-state index contributed by atoms with van der Waals surface area (Å²) in [5.41, 5.74) is 2.14. The molecule has 5 rings (SSSR count). The van der Waals surface area contributed by atoms with Gasteiger partial charge in [-0.2, -0.15) is 29.8 Å². The average Bonchev–Trinajstić information content (AvgIpc) is 3.80. The number of anilines is 2. The van der Waals surface area contributed by atoms with Crippen molar-refractivity contribution >= 4 is 46.4 Å².